The summed E-state index contributed by atoms with van der Waals surface area (Å²) in [7, 11) is 0. The zero-order valence-electron chi connectivity index (χ0n) is 22.9. The number of nitrogens with one attached hydrogen (secondary N) is 1. The lowest BCUT2D eigenvalue weighted by Crippen LogP contribution is -2.31. The monoisotopic (exact) mass is 482 g/mol. The average Bonchev–Trinajstić information content (AvgIpc) is 2.94. The molecular formula is C34H46N2. The number of nitrogens with zero attached hydrogens (tertiary/aromatic N) is 1. The van der Waals surface area contributed by atoms with Crippen molar-refractivity contribution in [2.24, 2.45) is 0 Å². The largest absolute Gasteiger partial charge is 0.317 e. The van der Waals surface area contributed by atoms with Crippen LogP contribution in [0, 0.1) is 6.92 Å². The third kappa shape index (κ3) is 7.54. The van der Waals surface area contributed by atoms with Crippen molar-refractivity contribution in [3.8, 4) is 0 Å². The van der Waals surface area contributed by atoms with Gasteiger partial charge in [0.2, 0.25) is 0 Å². The Balaban J connectivity index is 0.000000233. The van der Waals surface area contributed by atoms with E-state index in [1.165, 1.54) is 91.7 Å². The number of fused-ring (bicyclic) bond motifs is 1. The maximum absolute atomic E-state index is 3.46. The van der Waals surface area contributed by atoms with E-state index in [4.69, 9.17) is 0 Å². The Morgan fingerprint density at radius 2 is 1.56 bits per heavy atom. The second kappa shape index (κ2) is 13.8. The lowest BCUT2D eigenvalue weighted by molar-refractivity contribution is 0.251. The summed E-state index contributed by atoms with van der Waals surface area (Å²) in [5.74, 6) is 0.767. The van der Waals surface area contributed by atoms with Crippen molar-refractivity contribution in [2.75, 3.05) is 26.2 Å². The molecule has 0 atom stereocenters. The molecule has 0 aromatic heterocycles. The van der Waals surface area contributed by atoms with Gasteiger partial charge < -0.3 is 5.32 Å². The van der Waals surface area contributed by atoms with E-state index in [1.54, 1.807) is 5.56 Å². The Morgan fingerprint density at radius 1 is 0.833 bits per heavy atom. The van der Waals surface area contributed by atoms with Crippen molar-refractivity contribution in [1.82, 2.24) is 10.2 Å². The van der Waals surface area contributed by atoms with Crippen LogP contribution in [0.5, 0.6) is 0 Å². The number of hydrogen-bond acceptors (Lipinski definition) is 2. The van der Waals surface area contributed by atoms with Crippen LogP contribution in [0.25, 0.3) is 0 Å². The highest BCUT2D eigenvalue weighted by molar-refractivity contribution is 5.31. The lowest BCUT2D eigenvalue weighted by Gasteiger charge is -2.28. The normalized spacial score (nSPS) is 16.2. The highest BCUT2D eigenvalue weighted by Gasteiger charge is 2.16. The molecular weight excluding hydrogens is 436 g/mol. The molecule has 0 amide bonds. The Bertz CT molecular complexity index is 1060. The van der Waals surface area contributed by atoms with Gasteiger partial charge in [-0.1, -0.05) is 80.6 Å². The van der Waals surface area contributed by atoms with Gasteiger partial charge in [0.25, 0.3) is 0 Å². The van der Waals surface area contributed by atoms with Gasteiger partial charge in [0.05, 0.1) is 0 Å². The molecule has 1 N–H and O–H groups in total. The molecule has 2 nitrogen and oxygen atoms in total. The average molecular weight is 483 g/mol. The molecule has 0 aliphatic carbocycles. The molecule has 0 saturated carbocycles. The van der Waals surface area contributed by atoms with Crippen LogP contribution in [0.2, 0.25) is 0 Å². The van der Waals surface area contributed by atoms with Crippen LogP contribution in [0.3, 0.4) is 0 Å². The number of benzene rings is 3. The Hall–Kier alpha value is -2.42. The summed E-state index contributed by atoms with van der Waals surface area (Å²) in [5.41, 5.74) is 10.5. The van der Waals surface area contributed by atoms with E-state index < -0.39 is 0 Å². The molecule has 36 heavy (non-hydrogen) atoms. The van der Waals surface area contributed by atoms with Gasteiger partial charge in [-0.15, -0.1) is 0 Å². The molecule has 2 heteroatoms. The summed E-state index contributed by atoms with van der Waals surface area (Å²) in [6.45, 7) is 12.5. The second-order valence-corrected chi connectivity index (χ2v) is 10.6. The predicted molar refractivity (Wildman–Crippen MR) is 155 cm³/mol. The molecule has 0 radical (unpaired) electrons. The molecule has 2 aliphatic heterocycles. The van der Waals surface area contributed by atoms with E-state index >= 15 is 0 Å². The van der Waals surface area contributed by atoms with E-state index in [-0.39, 0.29) is 0 Å². The third-order valence-electron chi connectivity index (χ3n) is 8.14. The second-order valence-electron chi connectivity index (χ2n) is 10.6. The minimum Gasteiger partial charge on any atom is -0.317 e. The van der Waals surface area contributed by atoms with Gasteiger partial charge in [-0.3, -0.25) is 4.90 Å². The molecule has 0 unspecified atom stereocenters. The smallest absolute Gasteiger partial charge is 0.0236 e. The molecule has 1 saturated heterocycles. The Morgan fingerprint density at radius 3 is 2.28 bits per heavy atom. The quantitative estimate of drug-likeness (QED) is 0.381. The van der Waals surface area contributed by atoms with Gasteiger partial charge in [0.15, 0.2) is 0 Å². The minimum atomic E-state index is 0.767. The maximum atomic E-state index is 3.46. The Labute approximate surface area is 220 Å². The summed E-state index contributed by atoms with van der Waals surface area (Å²) in [5, 5.41) is 3.46. The van der Waals surface area contributed by atoms with Crippen molar-refractivity contribution >= 4 is 0 Å². The SMILES string of the molecule is CCc1ccc(C)c(CC)c1.c1ccc2c(c1)CCN(CCCc1ccc(C3CCNCC3)cc1)C2. The molecule has 2 heterocycles. The number of piperidine rings is 1. The van der Waals surface area contributed by atoms with Gasteiger partial charge in [-0.05, 0) is 116 Å². The van der Waals surface area contributed by atoms with Gasteiger partial charge in [-0.25, -0.2) is 0 Å². The van der Waals surface area contributed by atoms with Crippen molar-refractivity contribution in [3.63, 3.8) is 0 Å². The standard InChI is InChI=1S/C23H30N2.C11H16/c1-2-6-23-18-25(17-13-20(23)5-1)16-3-4-19-7-9-21(10-8-19)22-11-14-24-15-12-22;1-4-10-7-6-9(3)11(5-2)8-10/h1-2,5-10,22,24H,3-4,11-18H2;6-8H,4-5H2,1-3H3. The Kier molecular flexibility index (Phi) is 10.2. The molecule has 1 fully saturated rings. The first-order chi connectivity index (χ1) is 17.7. The van der Waals surface area contributed by atoms with E-state index in [0.717, 1.165) is 25.3 Å². The fourth-order valence-electron chi connectivity index (χ4n) is 5.69. The first-order valence-electron chi connectivity index (χ1n) is 14.3. The van der Waals surface area contributed by atoms with Crippen LogP contribution in [0.1, 0.15) is 78.0 Å². The highest BCUT2D eigenvalue weighted by atomic mass is 15.1. The minimum absolute atomic E-state index is 0.767. The van der Waals surface area contributed by atoms with Crippen molar-refractivity contribution in [1.29, 1.82) is 0 Å². The zero-order valence-corrected chi connectivity index (χ0v) is 22.9. The van der Waals surface area contributed by atoms with Crippen LogP contribution in [-0.4, -0.2) is 31.1 Å². The van der Waals surface area contributed by atoms with Crippen LogP contribution in [-0.2, 0) is 32.2 Å². The fourth-order valence-corrected chi connectivity index (χ4v) is 5.69. The molecule has 192 valence electrons. The topological polar surface area (TPSA) is 15.3 Å². The van der Waals surface area contributed by atoms with Crippen LogP contribution >= 0.6 is 0 Å². The van der Waals surface area contributed by atoms with Gasteiger partial charge in [-0.2, -0.15) is 0 Å². The molecule has 0 bridgehead atoms. The maximum Gasteiger partial charge on any atom is 0.0236 e. The molecule has 3 aromatic carbocycles. The fraction of sp³-hybridized carbons (Fsp3) is 0.471. The number of hydrogen-bond donors (Lipinski definition) is 1. The summed E-state index contributed by atoms with van der Waals surface area (Å²) in [6, 6.07) is 25.2. The van der Waals surface area contributed by atoms with E-state index in [2.05, 4.69) is 97.7 Å². The van der Waals surface area contributed by atoms with E-state index in [1.807, 2.05) is 0 Å². The first kappa shape index (κ1) is 26.6. The van der Waals surface area contributed by atoms with Gasteiger partial charge in [0.1, 0.15) is 0 Å². The van der Waals surface area contributed by atoms with Crippen LogP contribution in [0.15, 0.2) is 66.7 Å². The van der Waals surface area contributed by atoms with E-state index in [0.29, 0.717) is 0 Å². The molecule has 3 aromatic rings. The van der Waals surface area contributed by atoms with Crippen LogP contribution in [0.4, 0.5) is 0 Å². The van der Waals surface area contributed by atoms with Crippen molar-refractivity contribution < 1.29 is 0 Å². The third-order valence-corrected chi connectivity index (χ3v) is 8.14. The van der Waals surface area contributed by atoms with Crippen LogP contribution < -0.4 is 5.32 Å². The molecule has 5 rings (SSSR count). The molecule has 2 aliphatic rings. The molecule has 0 spiro atoms. The number of aryl methyl sites for hydroxylation is 4. The first-order valence-corrected chi connectivity index (χ1v) is 14.3. The van der Waals surface area contributed by atoms with Gasteiger partial charge >= 0.3 is 0 Å². The van der Waals surface area contributed by atoms with E-state index in [9.17, 15) is 0 Å². The van der Waals surface area contributed by atoms with Gasteiger partial charge in [0, 0.05) is 13.1 Å². The number of rotatable bonds is 7. The summed E-state index contributed by atoms with van der Waals surface area (Å²) in [6.07, 6.45) is 8.54. The lowest BCUT2D eigenvalue weighted by atomic mass is 9.89. The zero-order chi connectivity index (χ0) is 25.2. The summed E-state index contributed by atoms with van der Waals surface area (Å²) >= 11 is 0. The summed E-state index contributed by atoms with van der Waals surface area (Å²) < 4.78 is 0. The van der Waals surface area contributed by atoms with Crippen molar-refractivity contribution in [2.45, 2.75) is 78.2 Å². The summed E-state index contributed by atoms with van der Waals surface area (Å²) in [4.78, 5) is 2.62. The van der Waals surface area contributed by atoms with Crippen molar-refractivity contribution in [3.05, 3.63) is 106 Å². The highest BCUT2D eigenvalue weighted by Crippen LogP contribution is 2.25. The predicted octanol–water partition coefficient (Wildman–Crippen LogP) is 7.26.